The maximum atomic E-state index is 12.5. The van der Waals surface area contributed by atoms with Crippen molar-refractivity contribution in [3.05, 3.63) is 17.0 Å². The van der Waals surface area contributed by atoms with Gasteiger partial charge in [0.15, 0.2) is 0 Å². The Hall–Kier alpha value is -1.89. The molecule has 2 rings (SSSR count). The van der Waals surface area contributed by atoms with Crippen LogP contribution in [0.3, 0.4) is 0 Å². The number of ether oxygens (including phenoxy) is 1. The molecule has 1 saturated carbocycles. The molecule has 1 fully saturated rings. The van der Waals surface area contributed by atoms with E-state index in [0.29, 0.717) is 6.61 Å². The highest BCUT2D eigenvalue weighted by molar-refractivity contribution is 5.90. The Bertz CT molecular complexity index is 665. The highest BCUT2D eigenvalue weighted by Crippen LogP contribution is 2.51. The minimum absolute atomic E-state index is 0.121. The van der Waals surface area contributed by atoms with Gasteiger partial charge in [-0.2, -0.15) is 5.10 Å². The average molecular weight is 337 g/mol. The molecule has 1 amide bonds. The molecular formula is C17H27N3O4. The van der Waals surface area contributed by atoms with Gasteiger partial charge in [0.2, 0.25) is 5.91 Å². The number of nitrogens with zero attached hydrogens (tertiary/aromatic N) is 2. The Morgan fingerprint density at radius 1 is 1.42 bits per heavy atom. The average Bonchev–Trinajstić information content (AvgIpc) is 2.72. The number of rotatable bonds is 6. The van der Waals surface area contributed by atoms with Gasteiger partial charge in [0.05, 0.1) is 18.2 Å². The first-order valence-electron chi connectivity index (χ1n) is 8.22. The molecule has 0 bridgehead atoms. The number of carbonyl (C=O) groups is 2. The highest BCUT2D eigenvalue weighted by Gasteiger charge is 2.66. The molecule has 1 aliphatic rings. The molecule has 7 nitrogen and oxygen atoms in total. The van der Waals surface area contributed by atoms with Crippen molar-refractivity contribution >= 4 is 11.9 Å². The van der Waals surface area contributed by atoms with Gasteiger partial charge in [-0.15, -0.1) is 0 Å². The van der Waals surface area contributed by atoms with Gasteiger partial charge in [-0.05, 0) is 20.8 Å². The summed E-state index contributed by atoms with van der Waals surface area (Å²) in [6.07, 6.45) is 0.219. The van der Waals surface area contributed by atoms with E-state index >= 15 is 0 Å². The van der Waals surface area contributed by atoms with Crippen molar-refractivity contribution in [3.63, 3.8) is 0 Å². The van der Waals surface area contributed by atoms with Crippen LogP contribution in [0, 0.1) is 19.3 Å². The maximum Gasteiger partial charge on any atom is 0.330 e. The monoisotopic (exact) mass is 337 g/mol. The molecule has 0 aliphatic heterocycles. The number of hydrogen-bond acceptors (Lipinski definition) is 4. The van der Waals surface area contributed by atoms with E-state index in [2.05, 4.69) is 10.4 Å². The van der Waals surface area contributed by atoms with Crippen molar-refractivity contribution in [2.75, 3.05) is 6.61 Å². The zero-order chi connectivity index (χ0) is 18.3. The predicted octanol–water partition coefficient (Wildman–Crippen LogP) is 1.35. The molecule has 1 heterocycles. The summed E-state index contributed by atoms with van der Waals surface area (Å²) in [5.74, 6) is -1.32. The predicted molar refractivity (Wildman–Crippen MR) is 88.7 cm³/mol. The number of carbonyl (C=O) groups excluding carboxylic acids is 1. The Labute approximate surface area is 142 Å². The number of aromatic nitrogens is 2. The first kappa shape index (κ1) is 18.4. The summed E-state index contributed by atoms with van der Waals surface area (Å²) in [4.78, 5) is 24.4. The summed E-state index contributed by atoms with van der Waals surface area (Å²) >= 11 is 0. The Balaban J connectivity index is 2.18. The zero-order valence-corrected chi connectivity index (χ0v) is 15.3. The third kappa shape index (κ3) is 2.70. The fourth-order valence-corrected chi connectivity index (χ4v) is 3.55. The van der Waals surface area contributed by atoms with Crippen LogP contribution in [-0.4, -0.2) is 45.0 Å². The summed E-state index contributed by atoms with van der Waals surface area (Å²) < 4.78 is 7.34. The molecule has 1 aromatic heterocycles. The molecule has 0 radical (unpaired) electrons. The standard InChI is InChI=1S/C17H27N3O4/c1-7-24-13-9-17(15(22)23,16(13,4)5)18-14(21)8-12-10(2)19-20(6)11(12)3/h13H,7-9H2,1-6H3,(H,18,21)(H,22,23). The fraction of sp³-hybridized carbons (Fsp3) is 0.706. The van der Waals surface area contributed by atoms with Crippen molar-refractivity contribution in [2.24, 2.45) is 12.5 Å². The molecule has 1 aliphatic carbocycles. The van der Waals surface area contributed by atoms with Gasteiger partial charge in [-0.3, -0.25) is 9.48 Å². The van der Waals surface area contributed by atoms with E-state index in [-0.39, 0.29) is 24.9 Å². The van der Waals surface area contributed by atoms with E-state index in [4.69, 9.17) is 4.74 Å². The van der Waals surface area contributed by atoms with Gasteiger partial charge in [0.1, 0.15) is 5.54 Å². The summed E-state index contributed by atoms with van der Waals surface area (Å²) in [5.41, 5.74) is 0.563. The van der Waals surface area contributed by atoms with Crippen molar-refractivity contribution in [1.82, 2.24) is 15.1 Å². The molecule has 7 heteroatoms. The largest absolute Gasteiger partial charge is 0.479 e. The maximum absolute atomic E-state index is 12.5. The summed E-state index contributed by atoms with van der Waals surface area (Å²) in [5, 5.41) is 16.8. The van der Waals surface area contributed by atoms with Crippen molar-refractivity contribution in [1.29, 1.82) is 0 Å². The topological polar surface area (TPSA) is 93.5 Å². The lowest BCUT2D eigenvalue weighted by atomic mass is 9.54. The number of nitrogens with one attached hydrogen (secondary N) is 1. The summed E-state index contributed by atoms with van der Waals surface area (Å²) in [6.45, 7) is 9.79. The molecule has 2 N–H and O–H groups in total. The Morgan fingerprint density at radius 2 is 2.04 bits per heavy atom. The molecule has 24 heavy (non-hydrogen) atoms. The van der Waals surface area contributed by atoms with Gasteiger partial charge in [-0.25, -0.2) is 4.79 Å². The molecular weight excluding hydrogens is 310 g/mol. The minimum atomic E-state index is -1.30. The number of carboxylic acids is 1. The SMILES string of the molecule is CCOC1CC(NC(=O)Cc2c(C)nn(C)c2C)(C(=O)O)C1(C)C. The Morgan fingerprint density at radius 3 is 2.46 bits per heavy atom. The third-order valence-corrected chi connectivity index (χ3v) is 5.48. The molecule has 0 spiro atoms. The van der Waals surface area contributed by atoms with Crippen LogP contribution in [0.2, 0.25) is 0 Å². The molecule has 0 saturated heterocycles. The number of carboxylic acid groups (broad SMARTS) is 1. The van der Waals surface area contributed by atoms with E-state index in [9.17, 15) is 14.7 Å². The van der Waals surface area contributed by atoms with Gasteiger partial charge in [0, 0.05) is 36.7 Å². The van der Waals surface area contributed by atoms with Crippen LogP contribution in [0.25, 0.3) is 0 Å². The van der Waals surface area contributed by atoms with E-state index in [1.807, 2.05) is 41.7 Å². The van der Waals surface area contributed by atoms with Crippen LogP contribution >= 0.6 is 0 Å². The number of aliphatic carboxylic acids is 1. The van der Waals surface area contributed by atoms with Gasteiger partial charge in [0.25, 0.3) is 0 Å². The number of aryl methyl sites for hydroxylation is 2. The van der Waals surface area contributed by atoms with Crippen LogP contribution < -0.4 is 5.32 Å². The van der Waals surface area contributed by atoms with Crippen molar-refractivity contribution < 1.29 is 19.4 Å². The molecule has 0 aromatic carbocycles. The molecule has 2 atom stereocenters. The lowest BCUT2D eigenvalue weighted by molar-refractivity contribution is -0.194. The first-order chi connectivity index (χ1) is 11.1. The number of hydrogen-bond donors (Lipinski definition) is 2. The van der Waals surface area contributed by atoms with E-state index in [1.165, 1.54) is 0 Å². The minimum Gasteiger partial charge on any atom is -0.479 e. The third-order valence-electron chi connectivity index (χ3n) is 5.48. The summed E-state index contributed by atoms with van der Waals surface area (Å²) in [6, 6.07) is 0. The van der Waals surface area contributed by atoms with Gasteiger partial charge in [-0.1, -0.05) is 13.8 Å². The van der Waals surface area contributed by atoms with E-state index in [0.717, 1.165) is 17.0 Å². The van der Waals surface area contributed by atoms with Crippen LogP contribution in [0.15, 0.2) is 0 Å². The second-order valence-corrected chi connectivity index (χ2v) is 7.08. The first-order valence-corrected chi connectivity index (χ1v) is 8.22. The zero-order valence-electron chi connectivity index (χ0n) is 15.3. The molecule has 2 unspecified atom stereocenters. The van der Waals surface area contributed by atoms with Crippen molar-refractivity contribution in [3.8, 4) is 0 Å². The van der Waals surface area contributed by atoms with Crippen LogP contribution in [0.1, 0.15) is 44.1 Å². The van der Waals surface area contributed by atoms with Gasteiger partial charge >= 0.3 is 5.97 Å². The van der Waals surface area contributed by atoms with Crippen LogP contribution in [0.5, 0.6) is 0 Å². The highest BCUT2D eigenvalue weighted by atomic mass is 16.5. The van der Waals surface area contributed by atoms with Crippen LogP contribution in [0.4, 0.5) is 0 Å². The fourth-order valence-electron chi connectivity index (χ4n) is 3.55. The number of amides is 1. The second-order valence-electron chi connectivity index (χ2n) is 7.08. The van der Waals surface area contributed by atoms with Crippen molar-refractivity contribution in [2.45, 2.75) is 59.1 Å². The van der Waals surface area contributed by atoms with Crippen LogP contribution in [-0.2, 0) is 27.8 Å². The quantitative estimate of drug-likeness (QED) is 0.817. The smallest absolute Gasteiger partial charge is 0.330 e. The molecule has 1 aromatic rings. The van der Waals surface area contributed by atoms with E-state index in [1.54, 1.807) is 4.68 Å². The lowest BCUT2D eigenvalue weighted by Gasteiger charge is -2.58. The summed E-state index contributed by atoms with van der Waals surface area (Å²) in [7, 11) is 1.82. The van der Waals surface area contributed by atoms with Gasteiger partial charge < -0.3 is 15.2 Å². The molecule has 134 valence electrons. The Kier molecular flexibility index (Phi) is 4.77. The lowest BCUT2D eigenvalue weighted by Crippen LogP contribution is -2.76. The van der Waals surface area contributed by atoms with E-state index < -0.39 is 16.9 Å². The second kappa shape index (κ2) is 6.20. The normalized spacial score (nSPS) is 25.2.